The van der Waals surface area contributed by atoms with Gasteiger partial charge in [0, 0.05) is 5.57 Å². The number of rotatable bonds is 5. The fourth-order valence-electron chi connectivity index (χ4n) is 1.04. The monoisotopic (exact) mass is 211 g/mol. The summed E-state index contributed by atoms with van der Waals surface area (Å²) in [5, 5.41) is 0. The number of isocyanates is 1. The van der Waals surface area contributed by atoms with Gasteiger partial charge < -0.3 is 4.74 Å². The van der Waals surface area contributed by atoms with Crippen LogP contribution in [-0.2, 0) is 14.3 Å². The van der Waals surface area contributed by atoms with E-state index in [1.807, 2.05) is 6.92 Å². The summed E-state index contributed by atoms with van der Waals surface area (Å²) in [6, 6.07) is -0.346. The molecule has 0 heterocycles. The second-order valence-electron chi connectivity index (χ2n) is 3.28. The molecule has 15 heavy (non-hydrogen) atoms. The highest BCUT2D eigenvalue weighted by atomic mass is 16.5. The van der Waals surface area contributed by atoms with Gasteiger partial charge in [-0.25, -0.2) is 9.59 Å². The molecule has 0 aliphatic rings. The van der Waals surface area contributed by atoms with Crippen molar-refractivity contribution in [1.29, 1.82) is 0 Å². The van der Waals surface area contributed by atoms with E-state index in [0.717, 1.165) is 0 Å². The van der Waals surface area contributed by atoms with Crippen LogP contribution in [0.3, 0.4) is 0 Å². The minimum absolute atomic E-state index is 0.346. The molecule has 2 unspecified atom stereocenters. The zero-order chi connectivity index (χ0) is 11.8. The van der Waals surface area contributed by atoms with Crippen LogP contribution in [0.2, 0.25) is 0 Å². The van der Waals surface area contributed by atoms with Crippen molar-refractivity contribution < 1.29 is 14.3 Å². The topological polar surface area (TPSA) is 55.7 Å². The van der Waals surface area contributed by atoms with E-state index in [1.54, 1.807) is 26.8 Å². The molecule has 0 amide bonds. The van der Waals surface area contributed by atoms with E-state index >= 15 is 0 Å². The van der Waals surface area contributed by atoms with Gasteiger partial charge in [-0.15, -0.1) is 0 Å². The molecule has 0 N–H and O–H groups in total. The van der Waals surface area contributed by atoms with Crippen molar-refractivity contribution in [1.82, 2.24) is 0 Å². The summed E-state index contributed by atoms with van der Waals surface area (Å²) >= 11 is 0. The lowest BCUT2D eigenvalue weighted by molar-refractivity contribution is -0.145. The number of ether oxygens (including phenoxy) is 1. The van der Waals surface area contributed by atoms with Crippen molar-refractivity contribution in [3.05, 3.63) is 11.6 Å². The van der Waals surface area contributed by atoms with Gasteiger partial charge in [0.2, 0.25) is 6.08 Å². The van der Waals surface area contributed by atoms with E-state index in [1.165, 1.54) is 6.08 Å². The lowest BCUT2D eigenvalue weighted by Crippen LogP contribution is -2.27. The van der Waals surface area contributed by atoms with E-state index < -0.39 is 0 Å². The quantitative estimate of drug-likeness (QED) is 0.302. The second-order valence-corrected chi connectivity index (χ2v) is 3.28. The van der Waals surface area contributed by atoms with Crippen LogP contribution in [0.4, 0.5) is 0 Å². The summed E-state index contributed by atoms with van der Waals surface area (Å²) < 4.78 is 5.19. The Kier molecular flexibility index (Phi) is 6.30. The molecule has 0 saturated carbocycles. The Morgan fingerprint density at radius 3 is 2.60 bits per heavy atom. The summed E-state index contributed by atoms with van der Waals surface area (Å²) in [5.41, 5.74) is 0.552. The van der Waals surface area contributed by atoms with Gasteiger partial charge in [-0.1, -0.05) is 13.0 Å². The Bertz CT molecular complexity index is 290. The van der Waals surface area contributed by atoms with Crippen LogP contribution < -0.4 is 0 Å². The Morgan fingerprint density at radius 2 is 2.20 bits per heavy atom. The Labute approximate surface area is 90.0 Å². The summed E-state index contributed by atoms with van der Waals surface area (Å²) in [4.78, 5) is 25.0. The molecule has 4 nitrogen and oxygen atoms in total. The van der Waals surface area contributed by atoms with Gasteiger partial charge in [-0.2, -0.15) is 4.99 Å². The molecule has 0 aromatic carbocycles. The largest absolute Gasteiger partial charge is 0.457 e. The predicted molar refractivity (Wildman–Crippen MR) is 57.2 cm³/mol. The lowest BCUT2D eigenvalue weighted by Gasteiger charge is -2.18. The van der Waals surface area contributed by atoms with Crippen molar-refractivity contribution in [2.45, 2.75) is 46.3 Å². The molecule has 2 atom stereocenters. The van der Waals surface area contributed by atoms with Gasteiger partial charge >= 0.3 is 5.97 Å². The number of carbonyl (C=O) groups excluding carboxylic acids is 2. The normalized spacial score (nSPS) is 15.1. The van der Waals surface area contributed by atoms with E-state index in [9.17, 15) is 9.59 Å². The lowest BCUT2D eigenvalue weighted by atomic mass is 10.1. The van der Waals surface area contributed by atoms with Crippen LogP contribution >= 0.6 is 0 Å². The molecule has 0 saturated heterocycles. The van der Waals surface area contributed by atoms with Gasteiger partial charge in [-0.05, 0) is 27.2 Å². The van der Waals surface area contributed by atoms with Crippen LogP contribution in [-0.4, -0.2) is 24.2 Å². The average molecular weight is 211 g/mol. The van der Waals surface area contributed by atoms with Gasteiger partial charge in [0.25, 0.3) is 0 Å². The van der Waals surface area contributed by atoms with Crippen LogP contribution in [0.15, 0.2) is 16.6 Å². The molecule has 84 valence electrons. The standard InChI is InChI=1S/C11H17NO3/c1-5-8(3)11(14)15-10(6-2)9(4)12-7-13/h5,9-10H,6H2,1-4H3/b8-5+. The maximum absolute atomic E-state index is 11.4. The molecular formula is C11H17NO3. The number of nitrogens with zero attached hydrogens (tertiary/aromatic N) is 1. The number of carbonyl (C=O) groups is 1. The summed E-state index contributed by atoms with van der Waals surface area (Å²) in [6.07, 6.45) is 3.40. The first-order valence-corrected chi connectivity index (χ1v) is 4.97. The van der Waals surface area contributed by atoms with E-state index in [2.05, 4.69) is 4.99 Å². The molecule has 0 bridgehead atoms. The molecule has 0 aromatic heterocycles. The maximum Gasteiger partial charge on any atom is 0.333 e. The highest BCUT2D eigenvalue weighted by molar-refractivity contribution is 5.87. The Hall–Kier alpha value is -1.41. The highest BCUT2D eigenvalue weighted by Gasteiger charge is 2.19. The van der Waals surface area contributed by atoms with Crippen molar-refractivity contribution >= 4 is 12.0 Å². The zero-order valence-corrected chi connectivity index (χ0v) is 9.61. The van der Waals surface area contributed by atoms with Gasteiger partial charge in [0.1, 0.15) is 6.10 Å². The Balaban J connectivity index is 4.46. The predicted octanol–water partition coefficient (Wildman–Crippen LogP) is 2.00. The third-order valence-electron chi connectivity index (χ3n) is 2.21. The molecule has 0 aliphatic carbocycles. The van der Waals surface area contributed by atoms with Crippen molar-refractivity contribution in [3.63, 3.8) is 0 Å². The fraction of sp³-hybridized carbons (Fsp3) is 0.636. The minimum Gasteiger partial charge on any atom is -0.457 e. The third kappa shape index (κ3) is 4.56. The molecule has 0 fully saturated rings. The first-order valence-electron chi connectivity index (χ1n) is 4.97. The first kappa shape index (κ1) is 13.6. The second kappa shape index (κ2) is 6.96. The first-order chi connectivity index (χ1) is 7.06. The third-order valence-corrected chi connectivity index (χ3v) is 2.21. The van der Waals surface area contributed by atoms with Crippen molar-refractivity contribution in [2.24, 2.45) is 4.99 Å². The molecule has 0 radical (unpaired) electrons. The number of hydrogen-bond donors (Lipinski definition) is 0. The van der Waals surface area contributed by atoms with Crippen LogP contribution in [0.25, 0.3) is 0 Å². The number of allylic oxidation sites excluding steroid dienone is 1. The summed E-state index contributed by atoms with van der Waals surface area (Å²) in [5.74, 6) is -0.364. The number of aliphatic imine (C=N–C) groups is 1. The van der Waals surface area contributed by atoms with Gasteiger partial charge in [0.15, 0.2) is 0 Å². The van der Waals surface area contributed by atoms with Crippen LogP contribution in [0, 0.1) is 0 Å². The SMILES string of the molecule is C/C=C(\C)C(=O)OC(CC)C(C)N=C=O. The van der Waals surface area contributed by atoms with E-state index in [4.69, 9.17) is 4.74 Å². The molecule has 0 aromatic rings. The van der Waals surface area contributed by atoms with Gasteiger partial charge in [0.05, 0.1) is 6.04 Å². The molecule has 0 spiro atoms. The molecular weight excluding hydrogens is 194 g/mol. The van der Waals surface area contributed by atoms with E-state index in [-0.39, 0.29) is 18.1 Å². The van der Waals surface area contributed by atoms with Crippen LogP contribution in [0.1, 0.15) is 34.1 Å². The fourth-order valence-corrected chi connectivity index (χ4v) is 1.04. The molecule has 0 aliphatic heterocycles. The maximum atomic E-state index is 11.4. The Morgan fingerprint density at radius 1 is 1.60 bits per heavy atom. The van der Waals surface area contributed by atoms with Crippen molar-refractivity contribution in [2.75, 3.05) is 0 Å². The molecule has 4 heteroatoms. The number of esters is 1. The smallest absolute Gasteiger partial charge is 0.333 e. The minimum atomic E-state index is -0.367. The highest BCUT2D eigenvalue weighted by Crippen LogP contribution is 2.10. The number of hydrogen-bond acceptors (Lipinski definition) is 4. The summed E-state index contributed by atoms with van der Waals surface area (Å²) in [7, 11) is 0. The van der Waals surface area contributed by atoms with Crippen LogP contribution in [0.5, 0.6) is 0 Å². The van der Waals surface area contributed by atoms with E-state index in [0.29, 0.717) is 12.0 Å². The molecule has 0 rings (SSSR count). The summed E-state index contributed by atoms with van der Waals surface area (Å²) in [6.45, 7) is 7.05. The average Bonchev–Trinajstić information content (AvgIpc) is 2.24. The van der Waals surface area contributed by atoms with Gasteiger partial charge in [-0.3, -0.25) is 0 Å². The zero-order valence-electron chi connectivity index (χ0n) is 9.61. The van der Waals surface area contributed by atoms with Crippen molar-refractivity contribution in [3.8, 4) is 0 Å².